The van der Waals surface area contributed by atoms with Crippen LogP contribution in [-0.2, 0) is 4.74 Å². The molecular weight excluding hydrogens is 272 g/mol. The first-order chi connectivity index (χ1) is 7.65. The van der Waals surface area contributed by atoms with Gasteiger partial charge in [-0.05, 0) is 34.5 Å². The van der Waals surface area contributed by atoms with Gasteiger partial charge in [-0.2, -0.15) is 0 Å². The summed E-state index contributed by atoms with van der Waals surface area (Å²) in [5.41, 5.74) is 0.461. The maximum atomic E-state index is 11.9. The van der Waals surface area contributed by atoms with E-state index >= 15 is 0 Å². The molecular formula is C11H15BrN2O2. The number of halogens is 1. The van der Waals surface area contributed by atoms with Gasteiger partial charge in [-0.3, -0.25) is 4.79 Å². The number of hydrogen-bond donors (Lipinski definition) is 0. The molecule has 0 spiro atoms. The lowest BCUT2D eigenvalue weighted by atomic mass is 10.3. The van der Waals surface area contributed by atoms with E-state index in [2.05, 4.69) is 20.9 Å². The van der Waals surface area contributed by atoms with Crippen molar-refractivity contribution >= 4 is 21.8 Å². The molecule has 4 nitrogen and oxygen atoms in total. The van der Waals surface area contributed by atoms with Gasteiger partial charge in [0, 0.05) is 38.0 Å². The van der Waals surface area contributed by atoms with Crippen molar-refractivity contribution in [3.8, 4) is 0 Å². The molecule has 1 aromatic rings. The molecule has 1 rings (SSSR count). The number of methoxy groups -OCH3 is 1. The first-order valence-corrected chi connectivity index (χ1v) is 5.80. The minimum Gasteiger partial charge on any atom is -0.385 e. The van der Waals surface area contributed by atoms with Crippen molar-refractivity contribution in [1.29, 1.82) is 0 Å². The van der Waals surface area contributed by atoms with Crippen molar-refractivity contribution in [1.82, 2.24) is 9.88 Å². The van der Waals surface area contributed by atoms with Crippen molar-refractivity contribution in [2.45, 2.75) is 6.42 Å². The SMILES string of the molecule is COCCCN(C)C(=O)c1ccc(Br)cn1. The van der Waals surface area contributed by atoms with Crippen molar-refractivity contribution in [3.05, 3.63) is 28.5 Å². The second-order valence-electron chi connectivity index (χ2n) is 3.43. The van der Waals surface area contributed by atoms with Crippen LogP contribution in [0, 0.1) is 0 Å². The number of carbonyl (C=O) groups excluding carboxylic acids is 1. The number of carbonyl (C=O) groups is 1. The number of nitrogens with zero attached hydrogens (tertiary/aromatic N) is 2. The first-order valence-electron chi connectivity index (χ1n) is 5.01. The van der Waals surface area contributed by atoms with Crippen LogP contribution in [0.4, 0.5) is 0 Å². The Hall–Kier alpha value is -0.940. The summed E-state index contributed by atoms with van der Waals surface area (Å²) in [6.45, 7) is 1.33. The first kappa shape index (κ1) is 13.1. The van der Waals surface area contributed by atoms with E-state index in [-0.39, 0.29) is 5.91 Å². The second kappa shape index (κ2) is 6.60. The van der Waals surface area contributed by atoms with Gasteiger partial charge in [0.1, 0.15) is 5.69 Å². The number of aromatic nitrogens is 1. The van der Waals surface area contributed by atoms with Gasteiger partial charge in [-0.15, -0.1) is 0 Å². The van der Waals surface area contributed by atoms with E-state index in [4.69, 9.17) is 4.74 Å². The molecule has 0 unspecified atom stereocenters. The number of amides is 1. The molecule has 1 heterocycles. The van der Waals surface area contributed by atoms with Crippen LogP contribution in [0.3, 0.4) is 0 Å². The highest BCUT2D eigenvalue weighted by atomic mass is 79.9. The van der Waals surface area contributed by atoms with Crippen LogP contribution in [0.2, 0.25) is 0 Å². The minimum atomic E-state index is -0.0661. The molecule has 0 aliphatic rings. The van der Waals surface area contributed by atoms with Crippen LogP contribution >= 0.6 is 15.9 Å². The molecule has 0 bridgehead atoms. The summed E-state index contributed by atoms with van der Waals surface area (Å²) in [4.78, 5) is 17.6. The molecule has 0 atom stereocenters. The molecule has 0 saturated carbocycles. The fraction of sp³-hybridized carbons (Fsp3) is 0.455. The third-order valence-electron chi connectivity index (χ3n) is 2.14. The number of hydrogen-bond acceptors (Lipinski definition) is 3. The lowest BCUT2D eigenvalue weighted by Crippen LogP contribution is -2.29. The molecule has 0 aliphatic carbocycles. The number of rotatable bonds is 5. The summed E-state index contributed by atoms with van der Waals surface area (Å²) >= 11 is 3.28. The highest BCUT2D eigenvalue weighted by Crippen LogP contribution is 2.08. The summed E-state index contributed by atoms with van der Waals surface area (Å²) < 4.78 is 5.80. The largest absolute Gasteiger partial charge is 0.385 e. The lowest BCUT2D eigenvalue weighted by Gasteiger charge is -2.16. The van der Waals surface area contributed by atoms with Crippen LogP contribution in [0.15, 0.2) is 22.8 Å². The fourth-order valence-electron chi connectivity index (χ4n) is 1.25. The Balaban J connectivity index is 2.53. The van der Waals surface area contributed by atoms with Crippen LogP contribution in [0.25, 0.3) is 0 Å². The summed E-state index contributed by atoms with van der Waals surface area (Å²) in [5, 5.41) is 0. The van der Waals surface area contributed by atoms with Crippen LogP contribution in [0.1, 0.15) is 16.9 Å². The van der Waals surface area contributed by atoms with Gasteiger partial charge in [0.25, 0.3) is 5.91 Å². The Morgan fingerprint density at radius 3 is 2.88 bits per heavy atom. The average Bonchev–Trinajstić information content (AvgIpc) is 2.29. The summed E-state index contributed by atoms with van der Waals surface area (Å²) in [5.74, 6) is -0.0661. The van der Waals surface area contributed by atoms with Crippen molar-refractivity contribution in [2.24, 2.45) is 0 Å². The topological polar surface area (TPSA) is 42.4 Å². The van der Waals surface area contributed by atoms with Crippen molar-refractivity contribution in [3.63, 3.8) is 0 Å². The maximum Gasteiger partial charge on any atom is 0.272 e. The molecule has 0 N–H and O–H groups in total. The van der Waals surface area contributed by atoms with Crippen LogP contribution in [0.5, 0.6) is 0 Å². The molecule has 88 valence electrons. The molecule has 0 fully saturated rings. The summed E-state index contributed by atoms with van der Waals surface area (Å²) in [6.07, 6.45) is 2.45. The second-order valence-corrected chi connectivity index (χ2v) is 4.35. The summed E-state index contributed by atoms with van der Waals surface area (Å²) in [6, 6.07) is 3.52. The normalized spacial score (nSPS) is 10.2. The Morgan fingerprint density at radius 2 is 2.31 bits per heavy atom. The molecule has 0 aliphatic heterocycles. The van der Waals surface area contributed by atoms with E-state index in [1.165, 1.54) is 0 Å². The average molecular weight is 287 g/mol. The van der Waals surface area contributed by atoms with Crippen molar-refractivity contribution < 1.29 is 9.53 Å². The van der Waals surface area contributed by atoms with Gasteiger partial charge < -0.3 is 9.64 Å². The predicted molar refractivity (Wildman–Crippen MR) is 65.4 cm³/mol. The zero-order chi connectivity index (χ0) is 12.0. The molecule has 0 aromatic carbocycles. The Labute approximate surface area is 104 Å². The van der Waals surface area contributed by atoms with E-state index < -0.39 is 0 Å². The molecule has 1 amide bonds. The Bertz CT molecular complexity index is 340. The smallest absolute Gasteiger partial charge is 0.272 e. The van der Waals surface area contributed by atoms with E-state index in [9.17, 15) is 4.79 Å². The molecule has 0 radical (unpaired) electrons. The van der Waals surface area contributed by atoms with Gasteiger partial charge in [0.2, 0.25) is 0 Å². The van der Waals surface area contributed by atoms with Gasteiger partial charge in [0.15, 0.2) is 0 Å². The molecule has 1 aromatic heterocycles. The molecule has 5 heteroatoms. The third kappa shape index (κ3) is 3.90. The Kier molecular flexibility index (Phi) is 5.42. The zero-order valence-electron chi connectivity index (χ0n) is 9.44. The van der Waals surface area contributed by atoms with Gasteiger partial charge in [-0.25, -0.2) is 4.98 Å². The minimum absolute atomic E-state index is 0.0661. The molecule has 0 saturated heterocycles. The quantitative estimate of drug-likeness (QED) is 0.777. The summed E-state index contributed by atoms with van der Waals surface area (Å²) in [7, 11) is 3.42. The fourth-order valence-corrected chi connectivity index (χ4v) is 1.48. The van der Waals surface area contributed by atoms with E-state index in [1.807, 2.05) is 6.07 Å². The maximum absolute atomic E-state index is 11.9. The highest BCUT2D eigenvalue weighted by molar-refractivity contribution is 9.10. The van der Waals surface area contributed by atoms with E-state index in [0.717, 1.165) is 10.9 Å². The predicted octanol–water partition coefficient (Wildman–Crippen LogP) is 1.95. The number of pyridine rings is 1. The Morgan fingerprint density at radius 1 is 1.56 bits per heavy atom. The van der Waals surface area contributed by atoms with Gasteiger partial charge in [-0.1, -0.05) is 0 Å². The molecule has 16 heavy (non-hydrogen) atoms. The monoisotopic (exact) mass is 286 g/mol. The van der Waals surface area contributed by atoms with Gasteiger partial charge in [0.05, 0.1) is 0 Å². The standard InChI is InChI=1S/C11H15BrN2O2/c1-14(6-3-7-16-2)11(15)10-5-4-9(12)8-13-10/h4-5,8H,3,6-7H2,1-2H3. The third-order valence-corrected chi connectivity index (χ3v) is 2.60. The van der Waals surface area contributed by atoms with Crippen LogP contribution < -0.4 is 0 Å². The van der Waals surface area contributed by atoms with Gasteiger partial charge >= 0.3 is 0 Å². The zero-order valence-corrected chi connectivity index (χ0v) is 11.0. The van der Waals surface area contributed by atoms with E-state index in [0.29, 0.717) is 18.8 Å². The lowest BCUT2D eigenvalue weighted by molar-refractivity contribution is 0.0773. The number of ether oxygens (including phenoxy) is 1. The van der Waals surface area contributed by atoms with Crippen molar-refractivity contribution in [2.75, 3.05) is 27.3 Å². The van der Waals surface area contributed by atoms with E-state index in [1.54, 1.807) is 31.3 Å². The van der Waals surface area contributed by atoms with Crippen LogP contribution in [-0.4, -0.2) is 43.1 Å². The highest BCUT2D eigenvalue weighted by Gasteiger charge is 2.11.